The first-order valence-electron chi connectivity index (χ1n) is 6.06. The predicted octanol–water partition coefficient (Wildman–Crippen LogP) is 1.36. The molecular formula is C13H13N3O3. The molecule has 2 aromatic rings. The summed E-state index contributed by atoms with van der Waals surface area (Å²) in [7, 11) is 0. The molecule has 1 amide bonds. The van der Waals surface area contributed by atoms with E-state index in [4.69, 9.17) is 9.47 Å². The molecule has 1 aromatic heterocycles. The minimum Gasteiger partial charge on any atom is -0.477 e. The average Bonchev–Trinajstić information content (AvgIpc) is 2.47. The Morgan fingerprint density at radius 3 is 3.11 bits per heavy atom. The Labute approximate surface area is 109 Å². The molecule has 1 aromatic carbocycles. The van der Waals surface area contributed by atoms with Crippen LogP contribution in [-0.2, 0) is 4.74 Å². The lowest BCUT2D eigenvalue weighted by molar-refractivity contribution is 0.0831. The summed E-state index contributed by atoms with van der Waals surface area (Å²) in [6.07, 6.45) is 1.11. The van der Waals surface area contributed by atoms with Crippen LogP contribution in [0.1, 0.15) is 0 Å². The van der Waals surface area contributed by atoms with Gasteiger partial charge >= 0.3 is 6.09 Å². The Kier molecular flexibility index (Phi) is 3.14. The van der Waals surface area contributed by atoms with E-state index in [-0.39, 0.29) is 12.0 Å². The number of para-hydroxylation sites is 1. The summed E-state index contributed by atoms with van der Waals surface area (Å²) < 4.78 is 10.6. The first-order valence-corrected chi connectivity index (χ1v) is 6.06. The lowest BCUT2D eigenvalue weighted by atomic mass is 10.1. The van der Waals surface area contributed by atoms with E-state index < -0.39 is 0 Å². The molecule has 6 nitrogen and oxygen atoms in total. The normalized spacial score (nSPS) is 18.7. The Hall–Kier alpha value is -2.37. The van der Waals surface area contributed by atoms with Crippen LogP contribution in [0.25, 0.3) is 10.9 Å². The molecule has 0 bridgehead atoms. The number of cyclic esters (lactones) is 1. The van der Waals surface area contributed by atoms with Gasteiger partial charge in [-0.1, -0.05) is 12.1 Å². The molecule has 1 fully saturated rings. The topological polar surface area (TPSA) is 73.3 Å². The van der Waals surface area contributed by atoms with Crippen molar-refractivity contribution < 1.29 is 14.3 Å². The molecule has 3 rings (SSSR count). The summed E-state index contributed by atoms with van der Waals surface area (Å²) in [6.45, 7) is 1.37. The van der Waals surface area contributed by atoms with Crippen LogP contribution >= 0.6 is 0 Å². The van der Waals surface area contributed by atoms with Gasteiger partial charge in [0.1, 0.15) is 12.9 Å². The summed E-state index contributed by atoms with van der Waals surface area (Å²) >= 11 is 0. The second-order valence-electron chi connectivity index (χ2n) is 4.35. The summed E-state index contributed by atoms with van der Waals surface area (Å²) in [5.74, 6) is 0.689. The third-order valence-corrected chi connectivity index (χ3v) is 2.95. The number of fused-ring (bicyclic) bond motifs is 1. The highest BCUT2D eigenvalue weighted by atomic mass is 16.6. The molecular weight excluding hydrogens is 246 g/mol. The van der Waals surface area contributed by atoms with Crippen LogP contribution in [0.2, 0.25) is 0 Å². The number of carbonyl (C=O) groups excluding carboxylic acids is 1. The molecule has 1 aliphatic heterocycles. The van der Waals surface area contributed by atoms with E-state index in [1.54, 1.807) is 0 Å². The third kappa shape index (κ3) is 2.57. The van der Waals surface area contributed by atoms with Gasteiger partial charge in [0.25, 0.3) is 0 Å². The first-order chi connectivity index (χ1) is 9.33. The van der Waals surface area contributed by atoms with Gasteiger partial charge in [0.05, 0.1) is 17.5 Å². The van der Waals surface area contributed by atoms with E-state index in [9.17, 15) is 4.79 Å². The van der Waals surface area contributed by atoms with Gasteiger partial charge in [0.15, 0.2) is 0 Å². The largest absolute Gasteiger partial charge is 0.477 e. The summed E-state index contributed by atoms with van der Waals surface area (Å²) in [5, 5.41) is 3.51. The second kappa shape index (κ2) is 5.09. The minimum atomic E-state index is -0.372. The fourth-order valence-electron chi connectivity index (χ4n) is 1.93. The van der Waals surface area contributed by atoms with Crippen molar-refractivity contribution >= 4 is 17.0 Å². The molecule has 98 valence electrons. The average molecular weight is 259 g/mol. The monoisotopic (exact) mass is 259 g/mol. The SMILES string of the molecule is O=C1NCC(COc2ncnc3ccccc23)CO1. The number of amides is 1. The van der Waals surface area contributed by atoms with Gasteiger partial charge in [-0.15, -0.1) is 0 Å². The third-order valence-electron chi connectivity index (χ3n) is 2.95. The smallest absolute Gasteiger partial charge is 0.407 e. The first kappa shape index (κ1) is 11.7. The lowest BCUT2D eigenvalue weighted by Crippen LogP contribution is -2.41. The standard InChI is InChI=1S/C13H13N3O3/c17-13-14-5-9(7-19-13)6-18-12-10-3-1-2-4-11(10)15-8-16-12/h1-4,8-9H,5-7H2,(H,14,17). The molecule has 0 spiro atoms. The van der Waals surface area contributed by atoms with E-state index in [1.165, 1.54) is 6.33 Å². The van der Waals surface area contributed by atoms with E-state index in [0.717, 1.165) is 10.9 Å². The second-order valence-corrected chi connectivity index (χ2v) is 4.35. The maximum atomic E-state index is 10.9. The maximum Gasteiger partial charge on any atom is 0.407 e. The maximum absolute atomic E-state index is 10.9. The van der Waals surface area contributed by atoms with Crippen LogP contribution in [0, 0.1) is 5.92 Å². The van der Waals surface area contributed by atoms with Crippen molar-refractivity contribution in [2.75, 3.05) is 19.8 Å². The van der Waals surface area contributed by atoms with Crippen molar-refractivity contribution in [2.45, 2.75) is 0 Å². The zero-order chi connectivity index (χ0) is 13.1. The molecule has 1 aliphatic rings. The fourth-order valence-corrected chi connectivity index (χ4v) is 1.93. The number of hydrogen-bond acceptors (Lipinski definition) is 5. The highest BCUT2D eigenvalue weighted by Gasteiger charge is 2.20. The Morgan fingerprint density at radius 1 is 1.37 bits per heavy atom. The Balaban J connectivity index is 1.70. The highest BCUT2D eigenvalue weighted by Crippen LogP contribution is 2.21. The number of nitrogens with zero attached hydrogens (tertiary/aromatic N) is 2. The molecule has 1 atom stereocenters. The number of hydrogen-bond donors (Lipinski definition) is 1. The van der Waals surface area contributed by atoms with Crippen LogP contribution in [-0.4, -0.2) is 35.8 Å². The van der Waals surface area contributed by atoms with Crippen LogP contribution in [0.5, 0.6) is 5.88 Å². The zero-order valence-corrected chi connectivity index (χ0v) is 10.2. The van der Waals surface area contributed by atoms with Gasteiger partial charge < -0.3 is 14.8 Å². The molecule has 0 radical (unpaired) electrons. The summed E-state index contributed by atoms with van der Waals surface area (Å²) in [5.41, 5.74) is 0.848. The fraction of sp³-hybridized carbons (Fsp3) is 0.308. The zero-order valence-electron chi connectivity index (χ0n) is 10.2. The molecule has 0 saturated carbocycles. The van der Waals surface area contributed by atoms with Gasteiger partial charge in [-0.3, -0.25) is 0 Å². The number of carbonyl (C=O) groups is 1. The molecule has 2 heterocycles. The minimum absolute atomic E-state index is 0.131. The highest BCUT2D eigenvalue weighted by molar-refractivity contribution is 5.82. The molecule has 1 saturated heterocycles. The van der Waals surface area contributed by atoms with Crippen molar-refractivity contribution in [3.05, 3.63) is 30.6 Å². The van der Waals surface area contributed by atoms with Crippen LogP contribution in [0.4, 0.5) is 4.79 Å². The number of rotatable bonds is 3. The van der Waals surface area contributed by atoms with Crippen molar-refractivity contribution in [2.24, 2.45) is 5.92 Å². The van der Waals surface area contributed by atoms with E-state index in [2.05, 4.69) is 15.3 Å². The molecule has 1 unspecified atom stereocenters. The Morgan fingerprint density at radius 2 is 2.26 bits per heavy atom. The summed E-state index contributed by atoms with van der Waals surface area (Å²) in [6, 6.07) is 7.67. The Bertz CT molecular complexity index is 587. The number of nitrogens with one attached hydrogen (secondary N) is 1. The van der Waals surface area contributed by atoms with Crippen molar-refractivity contribution in [1.29, 1.82) is 0 Å². The van der Waals surface area contributed by atoms with E-state index in [1.807, 2.05) is 24.3 Å². The van der Waals surface area contributed by atoms with Gasteiger partial charge in [0, 0.05) is 12.5 Å². The number of benzene rings is 1. The number of alkyl carbamates (subject to hydrolysis) is 1. The molecule has 0 aliphatic carbocycles. The van der Waals surface area contributed by atoms with Crippen LogP contribution in [0.3, 0.4) is 0 Å². The number of ether oxygens (including phenoxy) is 2. The van der Waals surface area contributed by atoms with Crippen molar-refractivity contribution in [1.82, 2.24) is 15.3 Å². The quantitative estimate of drug-likeness (QED) is 0.901. The van der Waals surface area contributed by atoms with Crippen molar-refractivity contribution in [3.63, 3.8) is 0 Å². The van der Waals surface area contributed by atoms with Crippen molar-refractivity contribution in [3.8, 4) is 5.88 Å². The number of aromatic nitrogens is 2. The van der Waals surface area contributed by atoms with Gasteiger partial charge in [-0.25, -0.2) is 14.8 Å². The molecule has 1 N–H and O–H groups in total. The lowest BCUT2D eigenvalue weighted by Gasteiger charge is -2.22. The van der Waals surface area contributed by atoms with Gasteiger partial charge in [0.2, 0.25) is 5.88 Å². The van der Waals surface area contributed by atoms with E-state index >= 15 is 0 Å². The molecule has 19 heavy (non-hydrogen) atoms. The van der Waals surface area contributed by atoms with E-state index in [0.29, 0.717) is 25.6 Å². The molecule has 6 heteroatoms. The van der Waals surface area contributed by atoms with Gasteiger partial charge in [-0.05, 0) is 12.1 Å². The van der Waals surface area contributed by atoms with Crippen LogP contribution < -0.4 is 10.1 Å². The summed E-state index contributed by atoms with van der Waals surface area (Å²) in [4.78, 5) is 19.2. The predicted molar refractivity (Wildman–Crippen MR) is 67.9 cm³/mol. The van der Waals surface area contributed by atoms with Crippen LogP contribution in [0.15, 0.2) is 30.6 Å². The van der Waals surface area contributed by atoms with Gasteiger partial charge in [-0.2, -0.15) is 0 Å².